The van der Waals surface area contributed by atoms with E-state index in [9.17, 15) is 15.0 Å². The molecule has 0 radical (unpaired) electrons. The quantitative estimate of drug-likeness (QED) is 0.669. The van der Waals surface area contributed by atoms with Crippen LogP contribution in [-0.4, -0.2) is 71.4 Å². The van der Waals surface area contributed by atoms with Crippen LogP contribution >= 0.6 is 0 Å². The molecular weight excluding hydrogens is 452 g/mol. The van der Waals surface area contributed by atoms with Gasteiger partial charge in [-0.2, -0.15) is 0 Å². The van der Waals surface area contributed by atoms with Crippen molar-refractivity contribution in [2.24, 2.45) is 5.92 Å². The van der Waals surface area contributed by atoms with Crippen LogP contribution in [0.5, 0.6) is 5.75 Å². The van der Waals surface area contributed by atoms with Crippen LogP contribution in [0.25, 0.3) is 0 Å². The zero-order chi connectivity index (χ0) is 25.6. The molecule has 4 atom stereocenters. The van der Waals surface area contributed by atoms with Gasteiger partial charge in [-0.15, -0.1) is 0 Å². The molecule has 194 valence electrons. The van der Waals surface area contributed by atoms with Gasteiger partial charge < -0.3 is 24.7 Å². The summed E-state index contributed by atoms with van der Waals surface area (Å²) in [6.07, 6.45) is 3.79. The molecule has 2 N–H and O–H groups in total. The van der Waals surface area contributed by atoms with Crippen molar-refractivity contribution in [3.05, 3.63) is 65.2 Å². The molecule has 6 nitrogen and oxygen atoms in total. The molecule has 1 aliphatic heterocycles. The fourth-order valence-electron chi connectivity index (χ4n) is 7.09. The fraction of sp³-hybridized carbons (Fsp3) is 0.567. The molecule has 5 rings (SSSR count). The smallest absolute Gasteiger partial charge is 0.260 e. The number of fused-ring (bicyclic) bond motifs is 3. The zero-order valence-corrected chi connectivity index (χ0v) is 21.9. The minimum Gasteiger partial charge on any atom is -0.484 e. The van der Waals surface area contributed by atoms with Crippen LogP contribution in [0.15, 0.2) is 48.5 Å². The van der Waals surface area contributed by atoms with Crippen molar-refractivity contribution < 1.29 is 19.7 Å². The number of piperazine rings is 1. The number of benzene rings is 2. The predicted molar refractivity (Wildman–Crippen MR) is 140 cm³/mol. The molecule has 1 saturated heterocycles. The number of carbonyl (C=O) groups excluding carboxylic acids is 1. The number of aliphatic hydroxyl groups is 2. The summed E-state index contributed by atoms with van der Waals surface area (Å²) in [6.45, 7) is 7.34. The van der Waals surface area contributed by atoms with E-state index in [-0.39, 0.29) is 23.8 Å². The minimum absolute atomic E-state index is 0.0365. The Kier molecular flexibility index (Phi) is 6.64. The molecule has 2 fully saturated rings. The Hall–Kier alpha value is -2.41. The molecule has 36 heavy (non-hydrogen) atoms. The van der Waals surface area contributed by atoms with Crippen molar-refractivity contribution in [2.45, 2.75) is 62.6 Å². The second kappa shape index (κ2) is 9.47. The summed E-state index contributed by atoms with van der Waals surface area (Å²) >= 11 is 0. The van der Waals surface area contributed by atoms with Gasteiger partial charge in [-0.3, -0.25) is 4.79 Å². The molecule has 1 saturated carbocycles. The molecule has 3 aliphatic rings. The van der Waals surface area contributed by atoms with E-state index in [1.165, 1.54) is 11.1 Å². The highest BCUT2D eigenvalue weighted by atomic mass is 16.5. The molecule has 2 aromatic carbocycles. The van der Waals surface area contributed by atoms with Crippen molar-refractivity contribution in [3.63, 3.8) is 0 Å². The molecule has 0 aromatic heterocycles. The van der Waals surface area contributed by atoms with E-state index >= 15 is 0 Å². The van der Waals surface area contributed by atoms with Gasteiger partial charge in [0.05, 0.1) is 5.60 Å². The van der Waals surface area contributed by atoms with Gasteiger partial charge in [0.25, 0.3) is 5.91 Å². The average Bonchev–Trinajstić information content (AvgIpc) is 2.88. The van der Waals surface area contributed by atoms with E-state index in [4.69, 9.17) is 4.74 Å². The Balaban J connectivity index is 1.36. The number of hydrogen-bond acceptors (Lipinski definition) is 5. The normalized spacial score (nSPS) is 32.5. The lowest BCUT2D eigenvalue weighted by atomic mass is 9.49. The third-order valence-corrected chi connectivity index (χ3v) is 9.35. The zero-order valence-electron chi connectivity index (χ0n) is 21.9. The van der Waals surface area contributed by atoms with Crippen LogP contribution in [0, 0.1) is 5.92 Å². The second-order valence-corrected chi connectivity index (χ2v) is 11.4. The van der Waals surface area contributed by atoms with Crippen molar-refractivity contribution in [3.8, 4) is 5.75 Å². The first-order valence-corrected chi connectivity index (χ1v) is 13.4. The summed E-state index contributed by atoms with van der Waals surface area (Å²) in [4.78, 5) is 16.7. The topological polar surface area (TPSA) is 73.2 Å². The lowest BCUT2D eigenvalue weighted by Gasteiger charge is -2.59. The van der Waals surface area contributed by atoms with Crippen molar-refractivity contribution >= 4 is 5.91 Å². The molecule has 2 aromatic rings. The van der Waals surface area contributed by atoms with E-state index in [1.54, 1.807) is 6.92 Å². The number of nitrogens with zero attached hydrogens (tertiary/aromatic N) is 2. The highest BCUT2D eigenvalue weighted by Crippen LogP contribution is 2.60. The number of carbonyl (C=O) groups is 1. The summed E-state index contributed by atoms with van der Waals surface area (Å²) in [5.41, 5.74) is 0.542. The number of aryl methyl sites for hydroxylation is 1. The monoisotopic (exact) mass is 492 g/mol. The first-order chi connectivity index (χ1) is 17.2. The van der Waals surface area contributed by atoms with Crippen LogP contribution in [0.2, 0.25) is 0 Å². The summed E-state index contributed by atoms with van der Waals surface area (Å²) < 4.78 is 5.95. The highest BCUT2D eigenvalue weighted by molar-refractivity contribution is 5.78. The van der Waals surface area contributed by atoms with Crippen molar-refractivity contribution in [1.82, 2.24) is 9.80 Å². The van der Waals surface area contributed by atoms with Crippen LogP contribution in [0.4, 0.5) is 0 Å². The summed E-state index contributed by atoms with van der Waals surface area (Å²) in [5.74, 6) is 1.03. The van der Waals surface area contributed by atoms with Crippen LogP contribution in [0.1, 0.15) is 56.2 Å². The molecule has 1 amide bonds. The second-order valence-electron chi connectivity index (χ2n) is 11.4. The first-order valence-electron chi connectivity index (χ1n) is 13.4. The Morgan fingerprint density at radius 3 is 2.50 bits per heavy atom. The Bertz CT molecular complexity index is 1100. The Morgan fingerprint density at radius 1 is 1.08 bits per heavy atom. The largest absolute Gasteiger partial charge is 0.484 e. The third-order valence-electron chi connectivity index (χ3n) is 9.35. The van der Waals surface area contributed by atoms with E-state index < -0.39 is 11.2 Å². The number of rotatable bonds is 5. The van der Waals surface area contributed by atoms with Gasteiger partial charge in [-0.25, -0.2) is 0 Å². The minimum atomic E-state index is -1.28. The van der Waals surface area contributed by atoms with Crippen molar-refractivity contribution in [1.29, 1.82) is 0 Å². The number of likely N-dealkylation sites (N-methyl/N-ethyl adjacent to an activating group) is 1. The van der Waals surface area contributed by atoms with Gasteiger partial charge in [0.15, 0.2) is 6.61 Å². The van der Waals surface area contributed by atoms with Gasteiger partial charge in [-0.05, 0) is 80.8 Å². The maximum atomic E-state index is 12.6. The Morgan fingerprint density at radius 2 is 1.81 bits per heavy atom. The van der Waals surface area contributed by atoms with Gasteiger partial charge >= 0.3 is 0 Å². The van der Waals surface area contributed by atoms with Gasteiger partial charge in [0, 0.05) is 31.6 Å². The molecule has 0 spiro atoms. The molecule has 6 heteroatoms. The van der Waals surface area contributed by atoms with Crippen LogP contribution < -0.4 is 4.74 Å². The summed E-state index contributed by atoms with van der Waals surface area (Å²) in [5, 5.41) is 23.6. The molecule has 0 bridgehead atoms. The molecular formula is C30H40N2O4. The van der Waals surface area contributed by atoms with Gasteiger partial charge in [0.1, 0.15) is 11.4 Å². The number of ether oxygens (including phenoxy) is 1. The van der Waals surface area contributed by atoms with E-state index in [0.29, 0.717) is 12.8 Å². The molecule has 1 heterocycles. The Labute approximate surface area is 214 Å². The average molecular weight is 493 g/mol. The summed E-state index contributed by atoms with van der Waals surface area (Å²) in [6, 6.07) is 15.9. The van der Waals surface area contributed by atoms with Gasteiger partial charge in [0.2, 0.25) is 0 Å². The number of amides is 1. The van der Waals surface area contributed by atoms with Crippen molar-refractivity contribution in [2.75, 3.05) is 39.8 Å². The lowest BCUT2D eigenvalue weighted by molar-refractivity contribution is -0.205. The lowest BCUT2D eigenvalue weighted by Crippen LogP contribution is -2.62. The highest BCUT2D eigenvalue weighted by Gasteiger charge is 2.60. The standard InChI is InChI=1S/C30H40N2O4/c1-4-29-21-28(2,34)30(35,23-8-6-5-7-9-23)19-24(29)11-10-22-18-25(12-13-26(22)29)36-20-27(33)32-16-14-31(3)15-17-32/h5-9,12-13,18,24,34-35H,4,10-11,14-17,19-21H2,1-3H3/t24-,28?,29-,30?/m1/s1. The fourth-order valence-corrected chi connectivity index (χ4v) is 7.09. The third kappa shape index (κ3) is 4.23. The van der Waals surface area contributed by atoms with E-state index in [1.807, 2.05) is 41.3 Å². The number of hydrogen-bond donors (Lipinski definition) is 2. The van der Waals surface area contributed by atoms with Crippen LogP contribution in [0.3, 0.4) is 0 Å². The van der Waals surface area contributed by atoms with Crippen LogP contribution in [-0.2, 0) is 22.2 Å². The van der Waals surface area contributed by atoms with E-state index in [0.717, 1.165) is 56.8 Å². The maximum Gasteiger partial charge on any atom is 0.260 e. The van der Waals surface area contributed by atoms with E-state index in [2.05, 4.69) is 31.0 Å². The first kappa shape index (κ1) is 25.2. The molecule has 2 aliphatic carbocycles. The molecule has 2 unspecified atom stereocenters. The maximum absolute atomic E-state index is 12.6. The van der Waals surface area contributed by atoms with Gasteiger partial charge in [-0.1, -0.05) is 43.3 Å². The predicted octanol–water partition coefficient (Wildman–Crippen LogP) is 3.48. The SMILES string of the molecule is CC[C@@]12CC(C)(O)C(O)(c3ccccc3)C[C@H]1CCc1cc(OCC(=O)N3CCN(C)CC3)ccc12. The summed E-state index contributed by atoms with van der Waals surface area (Å²) in [7, 11) is 2.08.